The Hall–Kier alpha value is -1.40. The number of ether oxygens (including phenoxy) is 1. The van der Waals surface area contributed by atoms with Crippen molar-refractivity contribution in [2.75, 3.05) is 26.3 Å². The molecule has 2 heterocycles. The lowest BCUT2D eigenvalue weighted by Crippen LogP contribution is -2.51. The number of nitrogens with zero attached hydrogens (tertiary/aromatic N) is 1. The highest BCUT2D eigenvalue weighted by Gasteiger charge is 2.43. The first-order valence-electron chi connectivity index (χ1n) is 7.89. The lowest BCUT2D eigenvalue weighted by atomic mass is 9.73. The van der Waals surface area contributed by atoms with Gasteiger partial charge in [-0.05, 0) is 30.5 Å². The number of hydrogen-bond acceptors (Lipinski definition) is 3. The van der Waals surface area contributed by atoms with Crippen LogP contribution in [0.2, 0.25) is 0 Å². The zero-order chi connectivity index (χ0) is 16.5. The van der Waals surface area contributed by atoms with Gasteiger partial charge in [0.1, 0.15) is 5.78 Å². The van der Waals surface area contributed by atoms with Crippen molar-refractivity contribution in [3.8, 4) is 0 Å². The molecule has 2 aliphatic rings. The van der Waals surface area contributed by atoms with Crippen LogP contribution in [-0.2, 0) is 22.3 Å². The molecule has 1 spiro atoms. The van der Waals surface area contributed by atoms with Crippen LogP contribution < -0.4 is 0 Å². The molecular formula is C17H20F3NO2. The molecule has 0 radical (unpaired) electrons. The minimum atomic E-state index is -4.30. The van der Waals surface area contributed by atoms with Gasteiger partial charge >= 0.3 is 6.18 Å². The zero-order valence-electron chi connectivity index (χ0n) is 12.9. The molecule has 3 rings (SSSR count). The normalized spacial score (nSPS) is 22.5. The summed E-state index contributed by atoms with van der Waals surface area (Å²) < 4.78 is 43.2. The Morgan fingerprint density at radius 1 is 1.13 bits per heavy atom. The molecule has 23 heavy (non-hydrogen) atoms. The third-order valence-electron chi connectivity index (χ3n) is 4.91. The quantitative estimate of drug-likeness (QED) is 0.835. The fourth-order valence-electron chi connectivity index (χ4n) is 3.51. The maximum atomic E-state index is 12.6. The van der Waals surface area contributed by atoms with Crippen LogP contribution >= 0.6 is 0 Å². The second-order valence-corrected chi connectivity index (χ2v) is 6.47. The Kier molecular flexibility index (Phi) is 4.47. The number of carbonyl (C=O) groups excluding carboxylic acids is 1. The average molecular weight is 327 g/mol. The number of likely N-dealkylation sites (tertiary alicyclic amines) is 1. The van der Waals surface area contributed by atoms with Crippen molar-refractivity contribution in [3.63, 3.8) is 0 Å². The van der Waals surface area contributed by atoms with E-state index in [9.17, 15) is 18.0 Å². The van der Waals surface area contributed by atoms with Crippen molar-refractivity contribution in [1.82, 2.24) is 4.90 Å². The van der Waals surface area contributed by atoms with Gasteiger partial charge in [-0.1, -0.05) is 12.1 Å². The van der Waals surface area contributed by atoms with Crippen molar-refractivity contribution in [3.05, 3.63) is 35.4 Å². The molecule has 0 saturated carbocycles. The number of halogens is 3. The van der Waals surface area contributed by atoms with Gasteiger partial charge in [0.25, 0.3) is 0 Å². The van der Waals surface area contributed by atoms with Gasteiger partial charge in [0.05, 0.1) is 5.56 Å². The maximum Gasteiger partial charge on any atom is 0.416 e. The fourth-order valence-corrected chi connectivity index (χ4v) is 3.51. The smallest absolute Gasteiger partial charge is 0.381 e. The zero-order valence-corrected chi connectivity index (χ0v) is 12.9. The van der Waals surface area contributed by atoms with Gasteiger partial charge in [-0.2, -0.15) is 13.2 Å². The predicted octanol–water partition coefficient (Wildman–Crippen LogP) is 3.28. The van der Waals surface area contributed by atoms with E-state index in [1.165, 1.54) is 12.1 Å². The average Bonchev–Trinajstić information content (AvgIpc) is 2.52. The van der Waals surface area contributed by atoms with E-state index in [1.54, 1.807) is 0 Å². The largest absolute Gasteiger partial charge is 0.416 e. The first-order valence-corrected chi connectivity index (χ1v) is 7.89. The highest BCUT2D eigenvalue weighted by molar-refractivity contribution is 5.86. The summed E-state index contributed by atoms with van der Waals surface area (Å²) in [6, 6.07) is 5.29. The van der Waals surface area contributed by atoms with Crippen molar-refractivity contribution in [1.29, 1.82) is 0 Å². The van der Waals surface area contributed by atoms with Crippen molar-refractivity contribution in [2.24, 2.45) is 5.41 Å². The van der Waals surface area contributed by atoms with E-state index in [0.29, 0.717) is 45.1 Å². The lowest BCUT2D eigenvalue weighted by molar-refractivity contribution is -0.141. The molecule has 0 N–H and O–H groups in total. The van der Waals surface area contributed by atoms with Gasteiger partial charge in [-0.25, -0.2) is 0 Å². The summed E-state index contributed by atoms with van der Waals surface area (Å²) in [7, 11) is 0. The number of alkyl halides is 3. The van der Waals surface area contributed by atoms with Crippen LogP contribution in [0.4, 0.5) is 13.2 Å². The molecule has 6 heteroatoms. The van der Waals surface area contributed by atoms with Gasteiger partial charge in [0, 0.05) is 44.7 Å². The molecule has 0 aliphatic carbocycles. The third kappa shape index (κ3) is 3.58. The standard InChI is InChI=1S/C17H20F3NO2/c18-17(19,20)14-3-1-13(2-4-14)11-21-8-5-15(22)16(12-21)6-9-23-10-7-16/h1-4H,5-12H2. The van der Waals surface area contributed by atoms with E-state index >= 15 is 0 Å². The Morgan fingerprint density at radius 3 is 2.39 bits per heavy atom. The number of Topliss-reactive ketones (excluding diaryl/α,β-unsaturated/α-hetero) is 1. The Balaban J connectivity index is 1.67. The summed E-state index contributed by atoms with van der Waals surface area (Å²) in [5.41, 5.74) is -0.104. The van der Waals surface area contributed by atoms with Crippen LogP contribution in [0, 0.1) is 5.41 Å². The van der Waals surface area contributed by atoms with E-state index in [4.69, 9.17) is 4.74 Å². The molecule has 1 aromatic carbocycles. The van der Waals surface area contributed by atoms with E-state index in [1.807, 2.05) is 0 Å². The molecule has 1 aromatic rings. The summed E-state index contributed by atoms with van der Waals surface area (Å²) in [6.45, 7) is 3.15. The first-order chi connectivity index (χ1) is 10.9. The number of ketones is 1. The summed E-state index contributed by atoms with van der Waals surface area (Å²) in [6.07, 6.45) is -2.30. The number of benzene rings is 1. The predicted molar refractivity (Wildman–Crippen MR) is 78.8 cm³/mol. The van der Waals surface area contributed by atoms with Gasteiger partial charge in [-0.15, -0.1) is 0 Å². The molecule has 0 amide bonds. The van der Waals surface area contributed by atoms with Crippen molar-refractivity contribution >= 4 is 5.78 Å². The molecule has 0 aromatic heterocycles. The molecule has 0 bridgehead atoms. The van der Waals surface area contributed by atoms with Crippen LogP contribution in [0.1, 0.15) is 30.4 Å². The molecule has 0 atom stereocenters. The lowest BCUT2D eigenvalue weighted by Gasteiger charge is -2.43. The third-order valence-corrected chi connectivity index (χ3v) is 4.91. The summed E-state index contributed by atoms with van der Waals surface area (Å²) in [5.74, 6) is 0.310. The van der Waals surface area contributed by atoms with Gasteiger partial charge < -0.3 is 4.74 Å². The molecule has 2 aliphatic heterocycles. The van der Waals surface area contributed by atoms with Crippen LogP contribution in [0.5, 0.6) is 0 Å². The van der Waals surface area contributed by atoms with Gasteiger partial charge in [0.15, 0.2) is 0 Å². The van der Waals surface area contributed by atoms with E-state index in [0.717, 1.165) is 30.5 Å². The molecule has 126 valence electrons. The Labute approximate surface area is 133 Å². The number of hydrogen-bond donors (Lipinski definition) is 0. The summed E-state index contributed by atoms with van der Waals surface area (Å²) in [5, 5.41) is 0. The van der Waals surface area contributed by atoms with Crippen molar-refractivity contribution < 1.29 is 22.7 Å². The van der Waals surface area contributed by atoms with Crippen LogP contribution in [0.3, 0.4) is 0 Å². The molecule has 3 nitrogen and oxygen atoms in total. The van der Waals surface area contributed by atoms with Crippen LogP contribution in [0.25, 0.3) is 0 Å². The van der Waals surface area contributed by atoms with E-state index < -0.39 is 11.7 Å². The number of carbonyl (C=O) groups is 1. The highest BCUT2D eigenvalue weighted by atomic mass is 19.4. The summed E-state index contributed by atoms with van der Waals surface area (Å²) >= 11 is 0. The van der Waals surface area contributed by atoms with Gasteiger partial charge in [0.2, 0.25) is 0 Å². The van der Waals surface area contributed by atoms with Crippen LogP contribution in [-0.4, -0.2) is 37.0 Å². The number of rotatable bonds is 2. The topological polar surface area (TPSA) is 29.5 Å². The minimum absolute atomic E-state index is 0.310. The Bertz CT molecular complexity index is 562. The summed E-state index contributed by atoms with van der Waals surface area (Å²) in [4.78, 5) is 14.5. The van der Waals surface area contributed by atoms with E-state index in [-0.39, 0.29) is 5.41 Å². The first kappa shape index (κ1) is 16.5. The van der Waals surface area contributed by atoms with Gasteiger partial charge in [-0.3, -0.25) is 9.69 Å². The number of piperidine rings is 1. The molecule has 0 unspecified atom stereocenters. The Morgan fingerprint density at radius 2 is 1.78 bits per heavy atom. The monoisotopic (exact) mass is 327 g/mol. The SMILES string of the molecule is O=C1CCN(Cc2ccc(C(F)(F)F)cc2)CC12CCOCC2. The maximum absolute atomic E-state index is 12.6. The highest BCUT2D eigenvalue weighted by Crippen LogP contribution is 2.37. The molecule has 2 saturated heterocycles. The van der Waals surface area contributed by atoms with Crippen LogP contribution in [0.15, 0.2) is 24.3 Å². The second kappa shape index (κ2) is 6.24. The van der Waals surface area contributed by atoms with E-state index in [2.05, 4.69) is 4.90 Å². The minimum Gasteiger partial charge on any atom is -0.381 e. The second-order valence-electron chi connectivity index (χ2n) is 6.47. The molecule has 2 fully saturated rings. The molecular weight excluding hydrogens is 307 g/mol. The fraction of sp³-hybridized carbons (Fsp3) is 0.588. The van der Waals surface area contributed by atoms with Crippen molar-refractivity contribution in [2.45, 2.75) is 32.0 Å².